The Labute approximate surface area is 169 Å². The van der Waals surface area contributed by atoms with Gasteiger partial charge in [-0.1, -0.05) is 48.5 Å². The third-order valence-electron chi connectivity index (χ3n) is 5.18. The average Bonchev–Trinajstić information content (AvgIpc) is 2.77. The monoisotopic (exact) mass is 389 g/mol. The molecule has 0 radical (unpaired) electrons. The van der Waals surface area contributed by atoms with E-state index in [2.05, 4.69) is 10.3 Å². The second-order valence-electron chi connectivity index (χ2n) is 7.02. The van der Waals surface area contributed by atoms with Crippen LogP contribution >= 0.6 is 0 Å². The van der Waals surface area contributed by atoms with Crippen LogP contribution in [0.3, 0.4) is 0 Å². The van der Waals surface area contributed by atoms with Crippen molar-refractivity contribution in [2.75, 3.05) is 13.2 Å². The molecule has 1 aliphatic heterocycles. The van der Waals surface area contributed by atoms with Gasteiger partial charge in [-0.2, -0.15) is 0 Å². The van der Waals surface area contributed by atoms with Crippen LogP contribution in [0, 0.1) is 0 Å². The third-order valence-corrected chi connectivity index (χ3v) is 5.18. The molecule has 0 saturated carbocycles. The summed E-state index contributed by atoms with van der Waals surface area (Å²) >= 11 is 0. The fourth-order valence-electron chi connectivity index (χ4n) is 3.75. The van der Waals surface area contributed by atoms with E-state index in [1.807, 2.05) is 67.6 Å². The van der Waals surface area contributed by atoms with Crippen molar-refractivity contribution < 1.29 is 14.3 Å². The highest BCUT2D eigenvalue weighted by Crippen LogP contribution is 2.30. The standard InChI is InChI=1S/C23H23N3O3/c1-2-26-20(27)15-29-22(21(26)17-8-4-3-5-9-17)23(28)25-14-16-12-18-10-6-7-11-19(18)24-13-16/h3-13,21-22H,2,14-15H2,1H3,(H,25,28)/t21-,22+/m1/s1. The Morgan fingerprint density at radius 1 is 1.17 bits per heavy atom. The maximum absolute atomic E-state index is 13.0. The van der Waals surface area contributed by atoms with Crippen LogP contribution in [0.1, 0.15) is 24.1 Å². The Kier molecular flexibility index (Phi) is 5.53. The van der Waals surface area contributed by atoms with Gasteiger partial charge in [-0.3, -0.25) is 14.6 Å². The van der Waals surface area contributed by atoms with Crippen molar-refractivity contribution in [2.45, 2.75) is 25.6 Å². The molecule has 0 aliphatic carbocycles. The summed E-state index contributed by atoms with van der Waals surface area (Å²) in [5, 5.41) is 3.98. The fraction of sp³-hybridized carbons (Fsp3) is 0.261. The molecule has 0 spiro atoms. The minimum atomic E-state index is -0.761. The number of para-hydroxylation sites is 1. The number of hydrogen-bond acceptors (Lipinski definition) is 4. The fourth-order valence-corrected chi connectivity index (χ4v) is 3.75. The number of ether oxygens (including phenoxy) is 1. The summed E-state index contributed by atoms with van der Waals surface area (Å²) in [6.07, 6.45) is 1.00. The number of pyridine rings is 1. The third kappa shape index (κ3) is 3.98. The van der Waals surface area contributed by atoms with Gasteiger partial charge in [0.15, 0.2) is 6.10 Å². The maximum Gasteiger partial charge on any atom is 0.251 e. The zero-order valence-corrected chi connectivity index (χ0v) is 16.2. The number of fused-ring (bicyclic) bond motifs is 1. The smallest absolute Gasteiger partial charge is 0.251 e. The average molecular weight is 389 g/mol. The highest BCUT2D eigenvalue weighted by atomic mass is 16.5. The molecular weight excluding hydrogens is 366 g/mol. The van der Waals surface area contributed by atoms with Crippen LogP contribution in [0.2, 0.25) is 0 Å². The lowest BCUT2D eigenvalue weighted by Gasteiger charge is -2.40. The Balaban J connectivity index is 1.53. The first kappa shape index (κ1) is 19.1. The first-order valence-corrected chi connectivity index (χ1v) is 9.74. The molecule has 29 heavy (non-hydrogen) atoms. The largest absolute Gasteiger partial charge is 0.356 e. The number of carbonyl (C=O) groups is 2. The number of amides is 2. The van der Waals surface area contributed by atoms with Crippen molar-refractivity contribution in [3.63, 3.8) is 0 Å². The van der Waals surface area contributed by atoms with Gasteiger partial charge in [0.05, 0.1) is 11.6 Å². The molecule has 3 aromatic rings. The zero-order valence-electron chi connectivity index (χ0n) is 16.2. The van der Waals surface area contributed by atoms with E-state index in [0.717, 1.165) is 22.0 Å². The molecule has 0 unspecified atom stereocenters. The Bertz CT molecular complexity index is 1020. The molecular formula is C23H23N3O3. The van der Waals surface area contributed by atoms with Crippen LogP contribution in [0.15, 0.2) is 66.9 Å². The highest BCUT2D eigenvalue weighted by Gasteiger charge is 2.40. The molecule has 6 nitrogen and oxygen atoms in total. The number of rotatable bonds is 5. The van der Waals surface area contributed by atoms with Gasteiger partial charge < -0.3 is 15.0 Å². The van der Waals surface area contributed by atoms with Gasteiger partial charge in [-0.15, -0.1) is 0 Å². The molecule has 0 bridgehead atoms. The molecule has 1 aliphatic rings. The van der Waals surface area contributed by atoms with E-state index < -0.39 is 12.1 Å². The maximum atomic E-state index is 13.0. The minimum Gasteiger partial charge on any atom is -0.356 e. The molecule has 148 valence electrons. The Morgan fingerprint density at radius 3 is 2.72 bits per heavy atom. The minimum absolute atomic E-state index is 0.0905. The van der Waals surface area contributed by atoms with E-state index in [-0.39, 0.29) is 18.4 Å². The van der Waals surface area contributed by atoms with Crippen molar-refractivity contribution >= 4 is 22.7 Å². The van der Waals surface area contributed by atoms with E-state index >= 15 is 0 Å². The number of morpholine rings is 1. The van der Waals surface area contributed by atoms with E-state index in [1.165, 1.54) is 0 Å². The predicted molar refractivity (Wildman–Crippen MR) is 110 cm³/mol. The summed E-state index contributed by atoms with van der Waals surface area (Å²) in [6.45, 7) is 2.68. The van der Waals surface area contributed by atoms with Crippen LogP contribution in [0.4, 0.5) is 0 Å². The molecule has 1 N–H and O–H groups in total. The van der Waals surface area contributed by atoms with Crippen LogP contribution in [0.5, 0.6) is 0 Å². The summed E-state index contributed by atoms with van der Waals surface area (Å²) in [4.78, 5) is 31.5. The van der Waals surface area contributed by atoms with Gasteiger partial charge in [-0.25, -0.2) is 0 Å². The Hall–Kier alpha value is -3.25. The lowest BCUT2D eigenvalue weighted by molar-refractivity contribution is -0.164. The molecule has 2 heterocycles. The topological polar surface area (TPSA) is 71.5 Å². The predicted octanol–water partition coefficient (Wildman–Crippen LogP) is 2.84. The highest BCUT2D eigenvalue weighted by molar-refractivity contribution is 5.86. The molecule has 6 heteroatoms. The van der Waals surface area contributed by atoms with Crippen LogP contribution in [0.25, 0.3) is 10.9 Å². The van der Waals surface area contributed by atoms with Crippen LogP contribution in [-0.4, -0.2) is 41.0 Å². The number of likely N-dealkylation sites (N-methyl/N-ethyl adjacent to an activating group) is 1. The van der Waals surface area contributed by atoms with E-state index in [4.69, 9.17) is 4.74 Å². The Morgan fingerprint density at radius 2 is 1.93 bits per heavy atom. The molecule has 1 saturated heterocycles. The lowest BCUT2D eigenvalue weighted by Crippen LogP contribution is -2.54. The number of carbonyl (C=O) groups excluding carboxylic acids is 2. The second-order valence-corrected chi connectivity index (χ2v) is 7.02. The van der Waals surface area contributed by atoms with Gasteiger partial charge in [0.1, 0.15) is 6.61 Å². The molecule has 2 atom stereocenters. The van der Waals surface area contributed by atoms with Gasteiger partial charge in [0, 0.05) is 24.7 Å². The summed E-state index contributed by atoms with van der Waals surface area (Å²) in [5.74, 6) is -0.345. The van der Waals surface area contributed by atoms with E-state index in [9.17, 15) is 9.59 Å². The second kappa shape index (κ2) is 8.41. The van der Waals surface area contributed by atoms with Gasteiger partial charge >= 0.3 is 0 Å². The summed E-state index contributed by atoms with van der Waals surface area (Å²) in [5.41, 5.74) is 2.71. The van der Waals surface area contributed by atoms with Crippen LogP contribution in [-0.2, 0) is 20.9 Å². The lowest BCUT2D eigenvalue weighted by atomic mass is 9.97. The number of nitrogens with one attached hydrogen (secondary N) is 1. The number of nitrogens with zero attached hydrogens (tertiary/aromatic N) is 2. The van der Waals surface area contributed by atoms with Crippen molar-refractivity contribution in [3.8, 4) is 0 Å². The number of aromatic nitrogens is 1. The quantitative estimate of drug-likeness (QED) is 0.728. The summed E-state index contributed by atoms with van der Waals surface area (Å²) in [6, 6.07) is 19.0. The normalized spacial score (nSPS) is 19.3. The number of hydrogen-bond donors (Lipinski definition) is 1. The van der Waals surface area contributed by atoms with E-state index in [0.29, 0.717) is 13.1 Å². The van der Waals surface area contributed by atoms with Crippen molar-refractivity contribution in [1.82, 2.24) is 15.2 Å². The van der Waals surface area contributed by atoms with Gasteiger partial charge in [0.2, 0.25) is 5.91 Å². The first-order chi connectivity index (χ1) is 14.2. The molecule has 2 aromatic carbocycles. The molecule has 4 rings (SSSR count). The summed E-state index contributed by atoms with van der Waals surface area (Å²) in [7, 11) is 0. The van der Waals surface area contributed by atoms with Crippen molar-refractivity contribution in [2.24, 2.45) is 0 Å². The number of benzene rings is 2. The molecule has 1 aromatic heterocycles. The zero-order chi connectivity index (χ0) is 20.2. The van der Waals surface area contributed by atoms with Crippen molar-refractivity contribution in [3.05, 3.63) is 78.0 Å². The van der Waals surface area contributed by atoms with E-state index in [1.54, 1.807) is 11.1 Å². The van der Waals surface area contributed by atoms with Gasteiger partial charge in [-0.05, 0) is 30.2 Å². The first-order valence-electron chi connectivity index (χ1n) is 9.74. The van der Waals surface area contributed by atoms with Crippen LogP contribution < -0.4 is 5.32 Å². The van der Waals surface area contributed by atoms with Gasteiger partial charge in [0.25, 0.3) is 5.91 Å². The summed E-state index contributed by atoms with van der Waals surface area (Å²) < 4.78 is 5.69. The van der Waals surface area contributed by atoms with Crippen molar-refractivity contribution in [1.29, 1.82) is 0 Å². The molecule has 1 fully saturated rings. The molecule has 2 amide bonds. The SMILES string of the molecule is CCN1C(=O)CO[C@H](C(=O)NCc2cnc3ccccc3c2)[C@H]1c1ccccc1.